The van der Waals surface area contributed by atoms with Gasteiger partial charge in [-0.25, -0.2) is 4.39 Å². The van der Waals surface area contributed by atoms with Crippen LogP contribution in [0.15, 0.2) is 24.3 Å². The Bertz CT molecular complexity index is 390. The van der Waals surface area contributed by atoms with E-state index in [1.54, 1.807) is 13.8 Å². The topological polar surface area (TPSA) is 58.6 Å². The van der Waals surface area contributed by atoms with E-state index >= 15 is 0 Å². The molecule has 0 spiro atoms. The summed E-state index contributed by atoms with van der Waals surface area (Å²) in [6, 6.07) is 5.49. The maximum absolute atomic E-state index is 12.7. The van der Waals surface area contributed by atoms with Gasteiger partial charge in [-0.1, -0.05) is 0 Å². The lowest BCUT2D eigenvalue weighted by Gasteiger charge is -2.25. The Morgan fingerprint density at radius 2 is 2.00 bits per heavy atom. The van der Waals surface area contributed by atoms with Crippen LogP contribution >= 0.6 is 0 Å². The number of carbonyl (C=O) groups excluding carboxylic acids is 1. The van der Waals surface area contributed by atoms with Gasteiger partial charge in [-0.15, -0.1) is 0 Å². The van der Waals surface area contributed by atoms with Crippen molar-refractivity contribution in [2.75, 3.05) is 13.2 Å². The lowest BCUT2D eigenvalue weighted by Crippen LogP contribution is -2.46. The highest BCUT2D eigenvalue weighted by Gasteiger charge is 2.29. The molecule has 0 saturated carbocycles. The molecule has 2 N–H and O–H groups in total. The van der Waals surface area contributed by atoms with Crippen molar-refractivity contribution in [3.05, 3.63) is 30.1 Å². The van der Waals surface area contributed by atoms with Crippen molar-refractivity contribution in [3.63, 3.8) is 0 Å². The Labute approximate surface area is 106 Å². The predicted molar refractivity (Wildman–Crippen MR) is 65.8 cm³/mol. The van der Waals surface area contributed by atoms with Crippen molar-refractivity contribution >= 4 is 5.91 Å². The molecule has 0 bridgehead atoms. The second-order valence-electron chi connectivity index (χ2n) is 4.40. The van der Waals surface area contributed by atoms with Gasteiger partial charge in [-0.3, -0.25) is 4.79 Å². The zero-order chi connectivity index (χ0) is 13.6. The van der Waals surface area contributed by atoms with E-state index < -0.39 is 5.60 Å². The summed E-state index contributed by atoms with van der Waals surface area (Å²) in [6.07, 6.45) is 0.498. The maximum atomic E-state index is 12.7. The summed E-state index contributed by atoms with van der Waals surface area (Å²) in [4.78, 5) is 11.8. The Kier molecular flexibility index (Phi) is 5.09. The van der Waals surface area contributed by atoms with Gasteiger partial charge in [-0.05, 0) is 44.5 Å². The van der Waals surface area contributed by atoms with Crippen LogP contribution in [0.5, 0.6) is 5.75 Å². The first-order chi connectivity index (χ1) is 8.45. The van der Waals surface area contributed by atoms with Crippen LogP contribution < -0.4 is 10.1 Å². The Morgan fingerprint density at radius 1 is 1.39 bits per heavy atom. The fourth-order valence-electron chi connectivity index (χ4n) is 1.34. The Balaban J connectivity index is 2.57. The van der Waals surface area contributed by atoms with Gasteiger partial charge in [0.1, 0.15) is 11.6 Å². The molecule has 0 unspecified atom stereocenters. The molecule has 0 atom stereocenters. The fourth-order valence-corrected chi connectivity index (χ4v) is 1.34. The van der Waals surface area contributed by atoms with Crippen LogP contribution in [0.1, 0.15) is 20.3 Å². The summed E-state index contributed by atoms with van der Waals surface area (Å²) in [7, 11) is 0. The average molecular weight is 255 g/mol. The van der Waals surface area contributed by atoms with Crippen LogP contribution in [0.3, 0.4) is 0 Å². The lowest BCUT2D eigenvalue weighted by atomic mass is 10.1. The molecule has 5 heteroatoms. The first-order valence-corrected chi connectivity index (χ1v) is 5.79. The largest absolute Gasteiger partial charge is 0.478 e. The molecule has 1 aromatic carbocycles. The lowest BCUT2D eigenvalue weighted by molar-refractivity contribution is -0.134. The number of ether oxygens (including phenoxy) is 1. The van der Waals surface area contributed by atoms with Crippen molar-refractivity contribution in [1.29, 1.82) is 0 Å². The van der Waals surface area contributed by atoms with E-state index in [-0.39, 0.29) is 18.3 Å². The summed E-state index contributed by atoms with van der Waals surface area (Å²) in [5.41, 5.74) is -1.05. The van der Waals surface area contributed by atoms with E-state index in [1.807, 2.05) is 0 Å². The zero-order valence-corrected chi connectivity index (χ0v) is 10.6. The fraction of sp³-hybridized carbons (Fsp3) is 0.462. The van der Waals surface area contributed by atoms with Crippen molar-refractivity contribution in [1.82, 2.24) is 5.32 Å². The van der Waals surface area contributed by atoms with Crippen LogP contribution in [0.4, 0.5) is 4.39 Å². The normalized spacial score (nSPS) is 11.1. The summed E-state index contributed by atoms with van der Waals surface area (Å²) < 4.78 is 18.2. The van der Waals surface area contributed by atoms with Gasteiger partial charge in [0.15, 0.2) is 5.60 Å². The number of carbonyl (C=O) groups is 1. The van der Waals surface area contributed by atoms with Crippen LogP contribution in [0.25, 0.3) is 0 Å². The van der Waals surface area contributed by atoms with Crippen molar-refractivity contribution in [2.24, 2.45) is 0 Å². The molecule has 1 aromatic rings. The van der Waals surface area contributed by atoms with E-state index in [2.05, 4.69) is 5.32 Å². The number of benzene rings is 1. The monoisotopic (exact) mass is 255 g/mol. The van der Waals surface area contributed by atoms with E-state index in [9.17, 15) is 9.18 Å². The van der Waals surface area contributed by atoms with Gasteiger partial charge in [0.05, 0.1) is 0 Å². The van der Waals surface area contributed by atoms with E-state index in [0.29, 0.717) is 18.7 Å². The smallest absolute Gasteiger partial charge is 0.263 e. The molecule has 0 saturated heterocycles. The highest BCUT2D eigenvalue weighted by Crippen LogP contribution is 2.18. The molecule has 1 rings (SSSR count). The minimum Gasteiger partial charge on any atom is -0.478 e. The number of aliphatic hydroxyl groups is 1. The number of hydrogen-bond acceptors (Lipinski definition) is 3. The number of aliphatic hydroxyl groups excluding tert-OH is 1. The standard InChI is InChI=1S/C13H18FNO3/c1-13(2,12(17)15-8-3-9-16)18-11-6-4-10(14)5-7-11/h4-7,16H,3,8-9H2,1-2H3,(H,15,17). The highest BCUT2D eigenvalue weighted by molar-refractivity contribution is 5.84. The van der Waals surface area contributed by atoms with E-state index in [0.717, 1.165) is 0 Å². The molecule has 100 valence electrons. The van der Waals surface area contributed by atoms with Crippen LogP contribution in [0.2, 0.25) is 0 Å². The number of hydrogen-bond donors (Lipinski definition) is 2. The second-order valence-corrected chi connectivity index (χ2v) is 4.40. The molecular formula is C13H18FNO3. The predicted octanol–water partition coefficient (Wildman–Crippen LogP) is 1.48. The SMILES string of the molecule is CC(C)(Oc1ccc(F)cc1)C(=O)NCCCO. The number of halogens is 1. The first-order valence-electron chi connectivity index (χ1n) is 5.79. The van der Waals surface area contributed by atoms with Crippen LogP contribution in [-0.2, 0) is 4.79 Å². The van der Waals surface area contributed by atoms with Gasteiger partial charge < -0.3 is 15.2 Å². The molecule has 4 nitrogen and oxygen atoms in total. The zero-order valence-electron chi connectivity index (χ0n) is 10.6. The molecule has 18 heavy (non-hydrogen) atoms. The molecule has 0 fully saturated rings. The number of nitrogens with one attached hydrogen (secondary N) is 1. The van der Waals surface area contributed by atoms with Gasteiger partial charge >= 0.3 is 0 Å². The van der Waals surface area contributed by atoms with E-state index in [4.69, 9.17) is 9.84 Å². The van der Waals surface area contributed by atoms with Crippen molar-refractivity contribution in [3.8, 4) is 5.75 Å². The highest BCUT2D eigenvalue weighted by atomic mass is 19.1. The van der Waals surface area contributed by atoms with E-state index in [1.165, 1.54) is 24.3 Å². The third-order valence-electron chi connectivity index (χ3n) is 2.35. The molecule has 0 radical (unpaired) electrons. The summed E-state index contributed by atoms with van der Waals surface area (Å²) >= 11 is 0. The summed E-state index contributed by atoms with van der Waals surface area (Å²) in [5, 5.41) is 11.3. The molecule has 1 amide bonds. The third-order valence-corrected chi connectivity index (χ3v) is 2.35. The molecule has 0 aromatic heterocycles. The number of rotatable bonds is 6. The van der Waals surface area contributed by atoms with Crippen molar-refractivity contribution in [2.45, 2.75) is 25.9 Å². The molecule has 0 aliphatic rings. The average Bonchev–Trinajstić information content (AvgIpc) is 2.32. The van der Waals surface area contributed by atoms with Crippen LogP contribution in [-0.4, -0.2) is 29.8 Å². The van der Waals surface area contributed by atoms with Gasteiger partial charge in [0.2, 0.25) is 0 Å². The Morgan fingerprint density at radius 3 is 2.56 bits per heavy atom. The summed E-state index contributed by atoms with van der Waals surface area (Å²) in [6.45, 7) is 3.68. The molecular weight excluding hydrogens is 237 g/mol. The number of amides is 1. The molecule has 0 aliphatic heterocycles. The van der Waals surface area contributed by atoms with Crippen molar-refractivity contribution < 1.29 is 19.0 Å². The van der Waals surface area contributed by atoms with Crippen LogP contribution in [0, 0.1) is 5.82 Å². The maximum Gasteiger partial charge on any atom is 0.263 e. The third kappa shape index (κ3) is 4.33. The van der Waals surface area contributed by atoms with Gasteiger partial charge in [-0.2, -0.15) is 0 Å². The minimum atomic E-state index is -1.05. The Hall–Kier alpha value is -1.62. The second kappa shape index (κ2) is 6.35. The minimum absolute atomic E-state index is 0.0273. The molecule has 0 aliphatic carbocycles. The summed E-state index contributed by atoms with van der Waals surface area (Å²) in [5.74, 6) is -0.202. The quantitative estimate of drug-likeness (QED) is 0.757. The first kappa shape index (κ1) is 14.4. The molecule has 0 heterocycles. The van der Waals surface area contributed by atoms with Gasteiger partial charge in [0.25, 0.3) is 5.91 Å². The van der Waals surface area contributed by atoms with Gasteiger partial charge in [0, 0.05) is 13.2 Å².